The Labute approximate surface area is 363 Å². The molecular formula is C57H51BN4. The molecule has 4 nitrogen and oxygen atoms in total. The van der Waals surface area contributed by atoms with E-state index in [4.69, 9.17) is 0 Å². The first-order valence-corrected chi connectivity index (χ1v) is 22.5. The van der Waals surface area contributed by atoms with Crippen molar-refractivity contribution >= 4 is 94.3 Å². The van der Waals surface area contributed by atoms with Crippen molar-refractivity contribution in [2.24, 2.45) is 0 Å². The molecule has 2 aliphatic rings. The van der Waals surface area contributed by atoms with E-state index in [9.17, 15) is 0 Å². The van der Waals surface area contributed by atoms with Crippen LogP contribution >= 0.6 is 0 Å². The van der Waals surface area contributed by atoms with Crippen LogP contribution in [0.1, 0.15) is 84.6 Å². The summed E-state index contributed by atoms with van der Waals surface area (Å²) in [5, 5.41) is 6.61. The molecule has 6 heterocycles. The highest BCUT2D eigenvalue weighted by Gasteiger charge is 2.44. The van der Waals surface area contributed by atoms with Gasteiger partial charge in [0.25, 0.3) is 6.71 Å². The SMILES string of the molecule is Cc1cc2c3c(c1)-n1c4ccc(C(C)(C)C)cc4n4c5c(ccc6c5c5ccccc5n6-c5ccccc5)c(c14)B3c1cc(C(C)(C)C)cc3c4cc(C(C)(C)C)ccc4n-2c13. The Bertz CT molecular complexity index is 3810. The number of hydrogen-bond donors (Lipinski definition) is 0. The molecule has 0 atom stereocenters. The summed E-state index contributed by atoms with van der Waals surface area (Å²) in [4.78, 5) is 0. The number of rotatable bonds is 1. The number of fused-ring (bicyclic) bond motifs is 17. The fourth-order valence-corrected chi connectivity index (χ4v) is 11.6. The molecule has 0 radical (unpaired) electrons. The first-order chi connectivity index (χ1) is 29.6. The van der Waals surface area contributed by atoms with E-state index >= 15 is 0 Å². The van der Waals surface area contributed by atoms with Crippen LogP contribution in [-0.2, 0) is 16.2 Å². The van der Waals surface area contributed by atoms with Gasteiger partial charge in [-0.25, -0.2) is 0 Å². The average Bonchev–Trinajstić information content (AvgIpc) is 3.96. The molecule has 0 amide bonds. The summed E-state index contributed by atoms with van der Waals surface area (Å²) in [5.41, 5.74) is 23.5. The summed E-state index contributed by atoms with van der Waals surface area (Å²) in [6, 6.07) is 49.4. The largest absolute Gasteiger partial charge is 0.310 e. The molecule has 0 aliphatic carbocycles. The zero-order chi connectivity index (χ0) is 42.5. The number of nitrogens with zero attached hydrogens (tertiary/aromatic N) is 4. The highest BCUT2D eigenvalue weighted by atomic mass is 15.2. The molecule has 0 fully saturated rings. The molecule has 0 unspecified atom stereocenters. The molecule has 0 N–H and O–H groups in total. The van der Waals surface area contributed by atoms with Crippen LogP contribution < -0.4 is 16.4 Å². The molecule has 2 aliphatic heterocycles. The van der Waals surface area contributed by atoms with Gasteiger partial charge in [0.1, 0.15) is 5.65 Å². The van der Waals surface area contributed by atoms with E-state index in [0.29, 0.717) is 0 Å². The summed E-state index contributed by atoms with van der Waals surface area (Å²) in [6.07, 6.45) is 0. The van der Waals surface area contributed by atoms with Gasteiger partial charge in [0.15, 0.2) is 0 Å². The predicted octanol–water partition coefficient (Wildman–Crippen LogP) is 12.6. The number of benzene rings is 7. The maximum atomic E-state index is 2.68. The van der Waals surface area contributed by atoms with E-state index in [-0.39, 0.29) is 23.0 Å². The zero-order valence-corrected chi connectivity index (χ0v) is 37.5. The van der Waals surface area contributed by atoms with Gasteiger partial charge < -0.3 is 9.13 Å². The Balaban J connectivity index is 1.28. The Hall–Kier alpha value is -6.46. The van der Waals surface area contributed by atoms with Gasteiger partial charge in [0.05, 0.1) is 33.1 Å². The fraction of sp³-hybridized carbons (Fsp3) is 0.228. The molecule has 0 saturated carbocycles. The molecule has 62 heavy (non-hydrogen) atoms. The highest BCUT2D eigenvalue weighted by Crippen LogP contribution is 2.45. The molecule has 4 aromatic heterocycles. The molecule has 0 bridgehead atoms. The molecule has 11 aromatic rings. The van der Waals surface area contributed by atoms with Crippen LogP contribution in [0, 0.1) is 6.92 Å². The molecule has 5 heteroatoms. The van der Waals surface area contributed by atoms with Crippen molar-refractivity contribution in [3.63, 3.8) is 0 Å². The third kappa shape index (κ3) is 4.49. The molecule has 0 saturated heterocycles. The zero-order valence-electron chi connectivity index (χ0n) is 37.5. The standard InChI is InChI=1S/C57H51BN4/c1-32-26-47-51-48(27-32)61-44-24-21-34(56(5,6)7)31-46(44)62-53-38(22-25-45-49(53)37-18-14-15-19-42(37)59(45)36-16-12-11-13-17-36)50(54(61)62)58(51)41-30-35(57(8,9)10)29-40-39-28-33(55(2,3)4)20-23-43(39)60(47)52(40)41/h11-31H,1-10H3. The maximum absolute atomic E-state index is 2.68. The van der Waals surface area contributed by atoms with E-state index in [0.717, 1.165) is 0 Å². The second-order valence-electron chi connectivity index (χ2n) is 21.6. The normalized spacial score (nSPS) is 13.9. The van der Waals surface area contributed by atoms with Gasteiger partial charge in [-0.3, -0.25) is 8.97 Å². The number of aromatic nitrogens is 4. The number of aryl methyl sites for hydroxylation is 1. The van der Waals surface area contributed by atoms with Gasteiger partial charge in [0, 0.05) is 44.1 Å². The van der Waals surface area contributed by atoms with Gasteiger partial charge in [-0.05, 0) is 134 Å². The molecule has 7 aromatic carbocycles. The van der Waals surface area contributed by atoms with Crippen molar-refractivity contribution in [2.45, 2.75) is 85.5 Å². The van der Waals surface area contributed by atoms with Crippen molar-refractivity contribution in [3.8, 4) is 17.1 Å². The van der Waals surface area contributed by atoms with Gasteiger partial charge in [-0.2, -0.15) is 0 Å². The fourth-order valence-electron chi connectivity index (χ4n) is 11.6. The van der Waals surface area contributed by atoms with Crippen LogP contribution in [0.2, 0.25) is 0 Å². The quantitative estimate of drug-likeness (QED) is 0.147. The smallest absolute Gasteiger partial charge is 0.255 e. The molecule has 0 spiro atoms. The van der Waals surface area contributed by atoms with Crippen LogP contribution in [0.4, 0.5) is 0 Å². The number of para-hydroxylation sites is 2. The van der Waals surface area contributed by atoms with Crippen molar-refractivity contribution in [3.05, 3.63) is 150 Å². The van der Waals surface area contributed by atoms with Gasteiger partial charge in [0.2, 0.25) is 0 Å². The lowest BCUT2D eigenvalue weighted by Gasteiger charge is -2.34. The highest BCUT2D eigenvalue weighted by molar-refractivity contribution is 7.01. The van der Waals surface area contributed by atoms with Gasteiger partial charge in [-0.15, -0.1) is 0 Å². The lowest BCUT2D eigenvalue weighted by Crippen LogP contribution is -2.59. The minimum absolute atomic E-state index is 0.0171. The van der Waals surface area contributed by atoms with Crippen LogP contribution in [0.3, 0.4) is 0 Å². The first-order valence-electron chi connectivity index (χ1n) is 22.5. The molecule has 302 valence electrons. The lowest BCUT2D eigenvalue weighted by molar-refractivity contribution is 0.590. The third-order valence-corrected chi connectivity index (χ3v) is 14.6. The van der Waals surface area contributed by atoms with E-state index < -0.39 is 0 Å². The molecular weight excluding hydrogens is 751 g/mol. The Kier molecular flexibility index (Phi) is 6.73. The average molecular weight is 803 g/mol. The Morgan fingerprint density at radius 1 is 0.419 bits per heavy atom. The summed E-state index contributed by atoms with van der Waals surface area (Å²) in [7, 11) is 0. The topological polar surface area (TPSA) is 19.2 Å². The van der Waals surface area contributed by atoms with E-state index in [2.05, 4.69) is 215 Å². The van der Waals surface area contributed by atoms with E-state index in [1.165, 1.54) is 127 Å². The van der Waals surface area contributed by atoms with Crippen LogP contribution in [0.15, 0.2) is 127 Å². The Morgan fingerprint density at radius 3 is 1.76 bits per heavy atom. The maximum Gasteiger partial charge on any atom is 0.255 e. The van der Waals surface area contributed by atoms with Crippen LogP contribution in [0.25, 0.3) is 88.3 Å². The predicted molar refractivity (Wildman–Crippen MR) is 266 cm³/mol. The second kappa shape index (κ2) is 11.5. The Morgan fingerprint density at radius 2 is 1.03 bits per heavy atom. The summed E-state index contributed by atoms with van der Waals surface area (Å²) in [6.45, 7) is 23.5. The first kappa shape index (κ1) is 36.2. The number of imidazole rings is 1. The summed E-state index contributed by atoms with van der Waals surface area (Å²) >= 11 is 0. The van der Waals surface area contributed by atoms with Gasteiger partial charge in [-0.1, -0.05) is 123 Å². The van der Waals surface area contributed by atoms with Crippen molar-refractivity contribution in [1.29, 1.82) is 0 Å². The second-order valence-corrected chi connectivity index (χ2v) is 21.6. The van der Waals surface area contributed by atoms with E-state index in [1.807, 2.05) is 0 Å². The van der Waals surface area contributed by atoms with Crippen LogP contribution in [0.5, 0.6) is 0 Å². The minimum atomic E-state index is -0.0480. The number of hydrogen-bond acceptors (Lipinski definition) is 0. The van der Waals surface area contributed by atoms with E-state index in [1.54, 1.807) is 0 Å². The van der Waals surface area contributed by atoms with Crippen LogP contribution in [-0.4, -0.2) is 24.8 Å². The summed E-state index contributed by atoms with van der Waals surface area (Å²) in [5.74, 6) is 0. The molecule has 13 rings (SSSR count). The minimum Gasteiger partial charge on any atom is -0.310 e. The van der Waals surface area contributed by atoms with Crippen molar-refractivity contribution in [2.75, 3.05) is 0 Å². The summed E-state index contributed by atoms with van der Waals surface area (Å²) < 4.78 is 10.4. The third-order valence-electron chi connectivity index (χ3n) is 14.6. The lowest BCUT2D eigenvalue weighted by atomic mass is 9.34. The monoisotopic (exact) mass is 802 g/mol. The van der Waals surface area contributed by atoms with Crippen molar-refractivity contribution < 1.29 is 0 Å². The van der Waals surface area contributed by atoms with Gasteiger partial charge >= 0.3 is 0 Å². The van der Waals surface area contributed by atoms with Crippen molar-refractivity contribution in [1.82, 2.24) is 18.1 Å².